The first-order valence-electron chi connectivity index (χ1n) is 9.11. The number of rotatable bonds is 7. The van der Waals surface area contributed by atoms with Gasteiger partial charge in [0.1, 0.15) is 11.5 Å². The fourth-order valence-electron chi connectivity index (χ4n) is 2.54. The highest BCUT2D eigenvalue weighted by atomic mass is 79.9. The summed E-state index contributed by atoms with van der Waals surface area (Å²) in [5, 5.41) is 3.36. The summed E-state index contributed by atoms with van der Waals surface area (Å²) in [7, 11) is 1.63. The predicted molar refractivity (Wildman–Crippen MR) is 125 cm³/mol. The molecule has 0 aliphatic heterocycles. The van der Waals surface area contributed by atoms with Crippen LogP contribution in [0.1, 0.15) is 11.1 Å². The zero-order valence-corrected chi connectivity index (χ0v) is 18.8. The number of carbonyl (C=O) groups is 1. The number of halogens is 2. The van der Waals surface area contributed by atoms with Crippen molar-refractivity contribution < 1.29 is 14.3 Å². The third-order valence-corrected chi connectivity index (χ3v) is 5.23. The molecule has 0 atom stereocenters. The van der Waals surface area contributed by atoms with Crippen LogP contribution in [0.25, 0.3) is 0 Å². The number of amides is 1. The van der Waals surface area contributed by atoms with Crippen LogP contribution < -0.4 is 14.8 Å². The lowest BCUT2D eigenvalue weighted by Crippen LogP contribution is -2.20. The van der Waals surface area contributed by atoms with Crippen molar-refractivity contribution in [2.24, 2.45) is 4.99 Å². The molecule has 3 rings (SSSR count). The number of methoxy groups -OCH3 is 1. The SMILES string of the molecule is COc1ccc(N=Cc2ccc(OCC(=O)Nc3ccc(C)c(Cl)c3)c(Br)c2)cc1. The molecular formula is C23H20BrClN2O3. The van der Waals surface area contributed by atoms with E-state index in [0.717, 1.165) is 27.0 Å². The van der Waals surface area contributed by atoms with Crippen molar-refractivity contribution in [3.63, 3.8) is 0 Å². The van der Waals surface area contributed by atoms with Gasteiger partial charge in [0, 0.05) is 16.9 Å². The Labute approximate surface area is 188 Å². The number of carbonyl (C=O) groups excluding carboxylic acids is 1. The third-order valence-electron chi connectivity index (χ3n) is 4.21. The predicted octanol–water partition coefficient (Wildman–Crippen LogP) is 6.19. The summed E-state index contributed by atoms with van der Waals surface area (Å²) in [6, 6.07) is 18.4. The molecular weight excluding hydrogens is 468 g/mol. The van der Waals surface area contributed by atoms with Crippen molar-refractivity contribution in [3.8, 4) is 11.5 Å². The molecule has 0 radical (unpaired) electrons. The molecule has 3 aromatic carbocycles. The van der Waals surface area contributed by atoms with Crippen LogP contribution in [0.2, 0.25) is 5.02 Å². The summed E-state index contributed by atoms with van der Waals surface area (Å²) in [6.07, 6.45) is 1.75. The molecule has 0 bridgehead atoms. The quantitative estimate of drug-likeness (QED) is 0.404. The van der Waals surface area contributed by atoms with Gasteiger partial charge in [-0.1, -0.05) is 17.7 Å². The van der Waals surface area contributed by atoms with Crippen LogP contribution in [-0.2, 0) is 4.79 Å². The van der Waals surface area contributed by atoms with E-state index in [1.165, 1.54) is 0 Å². The van der Waals surface area contributed by atoms with Gasteiger partial charge in [-0.25, -0.2) is 0 Å². The topological polar surface area (TPSA) is 59.9 Å². The smallest absolute Gasteiger partial charge is 0.262 e. The first-order chi connectivity index (χ1) is 14.4. The largest absolute Gasteiger partial charge is 0.497 e. The standard InChI is InChI=1S/C23H20BrClN2O3/c1-15-3-5-18(12-21(15)25)27-23(28)14-30-22-10-4-16(11-20(22)24)13-26-17-6-8-19(29-2)9-7-17/h3-13H,14H2,1-2H3,(H,27,28). The summed E-state index contributed by atoms with van der Waals surface area (Å²) in [5.41, 5.74) is 3.29. The van der Waals surface area contributed by atoms with E-state index >= 15 is 0 Å². The Hall–Kier alpha value is -2.83. The molecule has 0 heterocycles. The molecule has 0 aliphatic rings. The molecule has 0 unspecified atom stereocenters. The van der Waals surface area contributed by atoms with Gasteiger partial charge in [-0.15, -0.1) is 0 Å². The van der Waals surface area contributed by atoms with Gasteiger partial charge >= 0.3 is 0 Å². The molecule has 0 saturated heterocycles. The lowest BCUT2D eigenvalue weighted by atomic mass is 10.2. The lowest BCUT2D eigenvalue weighted by Gasteiger charge is -2.10. The van der Waals surface area contributed by atoms with Crippen molar-refractivity contribution in [2.45, 2.75) is 6.92 Å². The molecule has 1 amide bonds. The van der Waals surface area contributed by atoms with E-state index in [0.29, 0.717) is 16.5 Å². The molecule has 0 saturated carbocycles. The van der Waals surface area contributed by atoms with E-state index in [-0.39, 0.29) is 12.5 Å². The maximum Gasteiger partial charge on any atom is 0.262 e. The molecule has 0 spiro atoms. The van der Waals surface area contributed by atoms with Crippen molar-refractivity contribution >= 4 is 51.0 Å². The Morgan fingerprint density at radius 1 is 1.13 bits per heavy atom. The molecule has 7 heteroatoms. The molecule has 0 fully saturated rings. The molecule has 5 nitrogen and oxygen atoms in total. The summed E-state index contributed by atoms with van der Waals surface area (Å²) in [6.45, 7) is 1.78. The Balaban J connectivity index is 1.57. The van der Waals surface area contributed by atoms with Crippen LogP contribution in [0, 0.1) is 6.92 Å². The van der Waals surface area contributed by atoms with Crippen LogP contribution in [0.15, 0.2) is 70.1 Å². The van der Waals surface area contributed by atoms with Gasteiger partial charge < -0.3 is 14.8 Å². The number of nitrogens with one attached hydrogen (secondary N) is 1. The average Bonchev–Trinajstić information content (AvgIpc) is 2.74. The molecule has 30 heavy (non-hydrogen) atoms. The van der Waals surface area contributed by atoms with Crippen molar-refractivity contribution in [1.29, 1.82) is 0 Å². The fraction of sp³-hybridized carbons (Fsp3) is 0.130. The Morgan fingerprint density at radius 2 is 1.90 bits per heavy atom. The van der Waals surface area contributed by atoms with Gasteiger partial charge in [-0.05, 0) is 88.6 Å². The van der Waals surface area contributed by atoms with Gasteiger partial charge in [0.15, 0.2) is 6.61 Å². The molecule has 0 aromatic heterocycles. The van der Waals surface area contributed by atoms with Gasteiger partial charge in [-0.3, -0.25) is 9.79 Å². The summed E-state index contributed by atoms with van der Waals surface area (Å²) in [4.78, 5) is 16.6. The Morgan fingerprint density at radius 3 is 2.57 bits per heavy atom. The first kappa shape index (κ1) is 21.9. The number of hydrogen-bond donors (Lipinski definition) is 1. The van der Waals surface area contributed by atoms with E-state index in [9.17, 15) is 4.79 Å². The van der Waals surface area contributed by atoms with Crippen molar-refractivity contribution in [2.75, 3.05) is 19.0 Å². The van der Waals surface area contributed by atoms with E-state index in [2.05, 4.69) is 26.2 Å². The molecule has 1 N–H and O–H groups in total. The van der Waals surface area contributed by atoms with Crippen LogP contribution in [0.5, 0.6) is 11.5 Å². The van der Waals surface area contributed by atoms with Gasteiger partial charge in [0.05, 0.1) is 17.3 Å². The third kappa shape index (κ3) is 6.08. The van der Waals surface area contributed by atoms with Crippen molar-refractivity contribution in [3.05, 3.63) is 81.3 Å². The van der Waals surface area contributed by atoms with Crippen LogP contribution in [0.4, 0.5) is 11.4 Å². The number of aryl methyl sites for hydroxylation is 1. The number of aliphatic imine (C=N–C) groups is 1. The summed E-state index contributed by atoms with van der Waals surface area (Å²) >= 11 is 9.55. The minimum Gasteiger partial charge on any atom is -0.497 e. The fourth-order valence-corrected chi connectivity index (χ4v) is 3.23. The second kappa shape index (κ2) is 10.3. The second-order valence-electron chi connectivity index (χ2n) is 6.45. The minimum absolute atomic E-state index is 0.122. The lowest BCUT2D eigenvalue weighted by molar-refractivity contribution is -0.118. The minimum atomic E-state index is -0.271. The number of hydrogen-bond acceptors (Lipinski definition) is 4. The zero-order valence-electron chi connectivity index (χ0n) is 16.5. The maximum absolute atomic E-state index is 12.1. The van der Waals surface area contributed by atoms with Crippen LogP contribution >= 0.6 is 27.5 Å². The van der Waals surface area contributed by atoms with Crippen molar-refractivity contribution in [1.82, 2.24) is 0 Å². The summed E-state index contributed by atoms with van der Waals surface area (Å²) in [5.74, 6) is 1.08. The van der Waals surface area contributed by atoms with E-state index < -0.39 is 0 Å². The molecule has 3 aromatic rings. The number of nitrogens with zero attached hydrogens (tertiary/aromatic N) is 1. The van der Waals surface area contributed by atoms with E-state index in [4.69, 9.17) is 21.1 Å². The zero-order chi connectivity index (χ0) is 21.5. The number of anilines is 1. The molecule has 154 valence electrons. The van der Waals surface area contributed by atoms with Gasteiger partial charge in [0.2, 0.25) is 0 Å². The monoisotopic (exact) mass is 486 g/mol. The number of ether oxygens (including phenoxy) is 2. The van der Waals surface area contributed by atoms with Crippen LogP contribution in [-0.4, -0.2) is 25.8 Å². The van der Waals surface area contributed by atoms with Crippen LogP contribution in [0.3, 0.4) is 0 Å². The Kier molecular flexibility index (Phi) is 7.49. The second-order valence-corrected chi connectivity index (χ2v) is 7.71. The Bertz CT molecular complexity index is 1070. The highest BCUT2D eigenvalue weighted by molar-refractivity contribution is 9.10. The van der Waals surface area contributed by atoms with Gasteiger partial charge in [-0.2, -0.15) is 0 Å². The van der Waals surface area contributed by atoms with Gasteiger partial charge in [0.25, 0.3) is 5.91 Å². The highest BCUT2D eigenvalue weighted by Crippen LogP contribution is 2.26. The first-order valence-corrected chi connectivity index (χ1v) is 10.3. The maximum atomic E-state index is 12.1. The summed E-state index contributed by atoms with van der Waals surface area (Å²) < 4.78 is 11.5. The molecule has 0 aliphatic carbocycles. The highest BCUT2D eigenvalue weighted by Gasteiger charge is 2.08. The average molecular weight is 488 g/mol. The normalized spacial score (nSPS) is 10.8. The number of benzene rings is 3. The van der Waals surface area contributed by atoms with E-state index in [1.54, 1.807) is 31.5 Å². The van der Waals surface area contributed by atoms with E-state index in [1.807, 2.05) is 49.4 Å².